The lowest BCUT2D eigenvalue weighted by atomic mass is 10.1. The molecule has 0 aliphatic rings. The summed E-state index contributed by atoms with van der Waals surface area (Å²) in [6.45, 7) is 0. The summed E-state index contributed by atoms with van der Waals surface area (Å²) >= 11 is 0. The van der Waals surface area contributed by atoms with Crippen LogP contribution in [0.4, 0.5) is 0 Å². The van der Waals surface area contributed by atoms with Crippen molar-refractivity contribution in [2.75, 3.05) is 5.75 Å². The summed E-state index contributed by atoms with van der Waals surface area (Å²) in [6, 6.07) is 28.1. The molecular formula is C23H20O2S. The Morgan fingerprint density at radius 1 is 0.731 bits per heavy atom. The van der Waals surface area contributed by atoms with Gasteiger partial charge in [0.2, 0.25) is 0 Å². The van der Waals surface area contributed by atoms with Gasteiger partial charge >= 0.3 is 0 Å². The van der Waals surface area contributed by atoms with Crippen molar-refractivity contribution in [3.8, 4) is 0 Å². The molecule has 0 bridgehead atoms. The van der Waals surface area contributed by atoms with Crippen molar-refractivity contribution in [3.05, 3.63) is 114 Å². The standard InChI is InChI=1S/C23H20O2S/c24-26(25,23-17-8-3-9-18-23)19-22(21-14-6-2-7-15-21)16-10-13-20-11-4-1-5-12-20/h1-18H,19H2. The van der Waals surface area contributed by atoms with Crippen molar-refractivity contribution in [2.24, 2.45) is 0 Å². The van der Waals surface area contributed by atoms with Gasteiger partial charge in [-0.3, -0.25) is 0 Å². The number of benzene rings is 3. The van der Waals surface area contributed by atoms with Gasteiger partial charge in [-0.15, -0.1) is 0 Å². The molecule has 3 aromatic rings. The van der Waals surface area contributed by atoms with E-state index in [2.05, 4.69) is 0 Å². The predicted octanol–water partition coefficient (Wildman–Crippen LogP) is 5.26. The van der Waals surface area contributed by atoms with Crippen LogP contribution in [-0.2, 0) is 9.84 Å². The van der Waals surface area contributed by atoms with Crippen molar-refractivity contribution >= 4 is 21.5 Å². The van der Waals surface area contributed by atoms with Gasteiger partial charge in [0.05, 0.1) is 10.6 Å². The molecule has 3 rings (SSSR count). The zero-order valence-corrected chi connectivity index (χ0v) is 15.1. The van der Waals surface area contributed by atoms with Crippen LogP contribution in [0.5, 0.6) is 0 Å². The third-order valence-corrected chi connectivity index (χ3v) is 5.66. The normalized spacial score (nSPS) is 12.4. The molecule has 0 spiro atoms. The average Bonchev–Trinajstić information content (AvgIpc) is 2.69. The first-order valence-corrected chi connectivity index (χ1v) is 10.1. The highest BCUT2D eigenvalue weighted by atomic mass is 32.2. The molecule has 0 atom stereocenters. The molecule has 3 aromatic carbocycles. The number of rotatable bonds is 6. The van der Waals surface area contributed by atoms with Crippen molar-refractivity contribution < 1.29 is 8.42 Å². The van der Waals surface area contributed by atoms with Crippen LogP contribution < -0.4 is 0 Å². The quantitative estimate of drug-likeness (QED) is 0.562. The lowest BCUT2D eigenvalue weighted by Gasteiger charge is -2.09. The van der Waals surface area contributed by atoms with E-state index < -0.39 is 9.84 Å². The molecule has 2 nitrogen and oxygen atoms in total. The zero-order valence-electron chi connectivity index (χ0n) is 14.3. The Kier molecular flexibility index (Phi) is 5.82. The van der Waals surface area contributed by atoms with Crippen molar-refractivity contribution in [1.82, 2.24) is 0 Å². The fraction of sp³-hybridized carbons (Fsp3) is 0.0435. The lowest BCUT2D eigenvalue weighted by molar-refractivity contribution is 0.599. The largest absolute Gasteiger partial charge is 0.223 e. The Balaban J connectivity index is 1.92. The van der Waals surface area contributed by atoms with Crippen LogP contribution in [0.15, 0.2) is 108 Å². The SMILES string of the molecule is O=S(=O)(CC(=CC=Cc1ccccc1)c1ccccc1)c1ccccc1. The molecule has 0 aliphatic heterocycles. The Hall–Kier alpha value is -2.91. The molecule has 130 valence electrons. The maximum Gasteiger partial charge on any atom is 0.182 e. The molecule has 26 heavy (non-hydrogen) atoms. The second-order valence-electron chi connectivity index (χ2n) is 5.90. The van der Waals surface area contributed by atoms with Crippen LogP contribution in [0.2, 0.25) is 0 Å². The van der Waals surface area contributed by atoms with Crippen molar-refractivity contribution in [2.45, 2.75) is 4.90 Å². The molecule has 0 aromatic heterocycles. The Bertz CT molecular complexity index is 988. The molecule has 0 fully saturated rings. The van der Waals surface area contributed by atoms with E-state index >= 15 is 0 Å². The molecule has 0 N–H and O–H groups in total. The van der Waals surface area contributed by atoms with Crippen molar-refractivity contribution in [3.63, 3.8) is 0 Å². The van der Waals surface area contributed by atoms with Gasteiger partial charge in [0.25, 0.3) is 0 Å². The molecule has 0 saturated carbocycles. The van der Waals surface area contributed by atoms with Gasteiger partial charge < -0.3 is 0 Å². The topological polar surface area (TPSA) is 34.1 Å². The first-order chi connectivity index (χ1) is 12.6. The van der Waals surface area contributed by atoms with Gasteiger partial charge in [-0.1, -0.05) is 97.1 Å². The van der Waals surface area contributed by atoms with Crippen LogP contribution in [0.1, 0.15) is 11.1 Å². The summed E-state index contributed by atoms with van der Waals surface area (Å²) in [5, 5.41) is 0. The maximum atomic E-state index is 12.8. The molecule has 0 amide bonds. The summed E-state index contributed by atoms with van der Waals surface area (Å²) in [5.74, 6) is -0.0415. The molecule has 3 heteroatoms. The van der Waals surface area contributed by atoms with Crippen LogP contribution in [-0.4, -0.2) is 14.2 Å². The Morgan fingerprint density at radius 3 is 1.88 bits per heavy atom. The summed E-state index contributed by atoms with van der Waals surface area (Å²) in [4.78, 5) is 0.342. The molecule has 0 unspecified atom stereocenters. The lowest BCUT2D eigenvalue weighted by Crippen LogP contribution is -2.08. The van der Waals surface area contributed by atoms with Gasteiger partial charge in [-0.05, 0) is 28.8 Å². The average molecular weight is 360 g/mol. The molecule has 0 heterocycles. The van der Waals surface area contributed by atoms with E-state index in [1.54, 1.807) is 24.3 Å². The monoisotopic (exact) mass is 360 g/mol. The number of sulfone groups is 1. The molecule has 0 aliphatic carbocycles. The van der Waals surface area contributed by atoms with E-state index in [-0.39, 0.29) is 5.75 Å². The number of hydrogen-bond acceptors (Lipinski definition) is 2. The fourth-order valence-corrected chi connectivity index (χ4v) is 4.05. The van der Waals surface area contributed by atoms with Crippen LogP contribution in [0.25, 0.3) is 11.6 Å². The summed E-state index contributed by atoms with van der Waals surface area (Å²) in [7, 11) is -3.40. The van der Waals surface area contributed by atoms with E-state index in [4.69, 9.17) is 0 Å². The second-order valence-corrected chi connectivity index (χ2v) is 7.89. The predicted molar refractivity (Wildman–Crippen MR) is 108 cm³/mol. The summed E-state index contributed by atoms with van der Waals surface area (Å²) < 4.78 is 25.6. The van der Waals surface area contributed by atoms with E-state index in [1.807, 2.05) is 85.0 Å². The van der Waals surface area contributed by atoms with E-state index in [1.165, 1.54) is 0 Å². The summed E-state index contributed by atoms with van der Waals surface area (Å²) in [5.41, 5.74) is 2.74. The van der Waals surface area contributed by atoms with E-state index in [0.717, 1.165) is 16.7 Å². The zero-order chi connectivity index (χ0) is 18.2. The van der Waals surface area contributed by atoms with E-state index in [0.29, 0.717) is 4.90 Å². The number of allylic oxidation sites excluding steroid dienone is 2. The van der Waals surface area contributed by atoms with Gasteiger partial charge in [0.1, 0.15) is 0 Å². The highest BCUT2D eigenvalue weighted by Crippen LogP contribution is 2.21. The minimum atomic E-state index is -3.40. The third-order valence-electron chi connectivity index (χ3n) is 3.98. The van der Waals surface area contributed by atoms with Gasteiger partial charge in [-0.2, -0.15) is 0 Å². The smallest absolute Gasteiger partial charge is 0.182 e. The van der Waals surface area contributed by atoms with Crippen LogP contribution >= 0.6 is 0 Å². The molecule has 0 radical (unpaired) electrons. The Morgan fingerprint density at radius 2 is 1.27 bits per heavy atom. The molecular weight excluding hydrogens is 340 g/mol. The van der Waals surface area contributed by atoms with Gasteiger partial charge in [-0.25, -0.2) is 8.42 Å². The highest BCUT2D eigenvalue weighted by Gasteiger charge is 2.17. The second kappa shape index (κ2) is 8.45. The first kappa shape index (κ1) is 17.9. The van der Waals surface area contributed by atoms with Crippen LogP contribution in [0, 0.1) is 0 Å². The van der Waals surface area contributed by atoms with Crippen LogP contribution in [0.3, 0.4) is 0 Å². The minimum Gasteiger partial charge on any atom is -0.223 e. The van der Waals surface area contributed by atoms with Gasteiger partial charge in [0.15, 0.2) is 9.84 Å². The fourth-order valence-electron chi connectivity index (χ4n) is 2.64. The first-order valence-electron chi connectivity index (χ1n) is 8.41. The van der Waals surface area contributed by atoms with Crippen molar-refractivity contribution in [1.29, 1.82) is 0 Å². The maximum absolute atomic E-state index is 12.8. The number of hydrogen-bond donors (Lipinski definition) is 0. The Labute approximate surface area is 155 Å². The van der Waals surface area contributed by atoms with Gasteiger partial charge in [0, 0.05) is 0 Å². The highest BCUT2D eigenvalue weighted by molar-refractivity contribution is 7.91. The third kappa shape index (κ3) is 4.80. The van der Waals surface area contributed by atoms with E-state index in [9.17, 15) is 8.42 Å². The minimum absolute atomic E-state index is 0.0415. The summed E-state index contributed by atoms with van der Waals surface area (Å²) in [6.07, 6.45) is 5.75. The molecule has 0 saturated heterocycles.